The van der Waals surface area contributed by atoms with Crippen LogP contribution in [-0.4, -0.2) is 62.7 Å². The van der Waals surface area contributed by atoms with Crippen molar-refractivity contribution in [1.29, 1.82) is 0 Å². The number of ether oxygens (including phenoxy) is 1. The summed E-state index contributed by atoms with van der Waals surface area (Å²) in [5.74, 6) is 0.551. The molecule has 1 aromatic carbocycles. The summed E-state index contributed by atoms with van der Waals surface area (Å²) in [7, 11) is 0. The van der Waals surface area contributed by atoms with Gasteiger partial charge in [-0.2, -0.15) is 4.98 Å². The molecular formula is C22H28N4O4. The Labute approximate surface area is 176 Å². The number of rotatable bonds is 4. The van der Waals surface area contributed by atoms with Gasteiger partial charge in [0.25, 0.3) is 5.91 Å². The van der Waals surface area contributed by atoms with Crippen LogP contribution in [0.4, 0.5) is 4.79 Å². The van der Waals surface area contributed by atoms with Gasteiger partial charge in [0.2, 0.25) is 12.2 Å². The Morgan fingerprint density at radius 3 is 2.23 bits per heavy atom. The van der Waals surface area contributed by atoms with Crippen molar-refractivity contribution in [2.24, 2.45) is 0 Å². The topological polar surface area (TPSA) is 88.8 Å². The van der Waals surface area contributed by atoms with Crippen molar-refractivity contribution in [1.82, 2.24) is 19.9 Å². The van der Waals surface area contributed by atoms with Crippen molar-refractivity contribution in [3.63, 3.8) is 0 Å². The number of benzene rings is 1. The Kier molecular flexibility index (Phi) is 5.49. The van der Waals surface area contributed by atoms with Crippen molar-refractivity contribution in [2.75, 3.05) is 13.1 Å². The van der Waals surface area contributed by atoms with E-state index in [9.17, 15) is 9.59 Å². The monoisotopic (exact) mass is 412 g/mol. The minimum absolute atomic E-state index is 0.0490. The smallest absolute Gasteiger partial charge is 0.410 e. The fourth-order valence-electron chi connectivity index (χ4n) is 3.84. The number of piperidine rings is 1. The standard InChI is InChI=1S/C22H28N4O4/c1-22(2,3)30-21(28)25-12-10-18(11-13-25)26(17-8-9-17)20(27)16-6-4-15(5-7-16)19-23-14-29-24-19/h4-7,14,17-18H,8-13H2,1-3H3. The highest BCUT2D eigenvalue weighted by atomic mass is 16.6. The van der Waals surface area contributed by atoms with Gasteiger partial charge in [-0.1, -0.05) is 17.3 Å². The first-order valence-corrected chi connectivity index (χ1v) is 10.5. The fraction of sp³-hybridized carbons (Fsp3) is 0.545. The van der Waals surface area contributed by atoms with Crippen LogP contribution < -0.4 is 0 Å². The van der Waals surface area contributed by atoms with Gasteiger partial charge in [0.1, 0.15) is 5.60 Å². The van der Waals surface area contributed by atoms with E-state index in [4.69, 9.17) is 9.26 Å². The second-order valence-electron chi connectivity index (χ2n) is 8.97. The SMILES string of the molecule is CC(C)(C)OC(=O)N1CCC(N(C(=O)c2ccc(-c3ncon3)cc2)C2CC2)CC1. The summed E-state index contributed by atoms with van der Waals surface area (Å²) in [5, 5.41) is 3.83. The summed E-state index contributed by atoms with van der Waals surface area (Å²) in [6, 6.07) is 7.76. The molecule has 1 aromatic heterocycles. The molecule has 0 atom stereocenters. The van der Waals surface area contributed by atoms with E-state index in [2.05, 4.69) is 10.1 Å². The molecule has 2 fully saturated rings. The lowest BCUT2D eigenvalue weighted by atomic mass is 10.0. The van der Waals surface area contributed by atoms with Gasteiger partial charge in [-0.15, -0.1) is 0 Å². The third-order valence-corrected chi connectivity index (χ3v) is 5.44. The quantitative estimate of drug-likeness (QED) is 0.760. The third-order valence-electron chi connectivity index (χ3n) is 5.44. The van der Waals surface area contributed by atoms with E-state index in [1.54, 1.807) is 4.90 Å². The van der Waals surface area contributed by atoms with Crippen LogP contribution >= 0.6 is 0 Å². The highest BCUT2D eigenvalue weighted by molar-refractivity contribution is 5.95. The van der Waals surface area contributed by atoms with Gasteiger partial charge in [0, 0.05) is 36.3 Å². The lowest BCUT2D eigenvalue weighted by molar-refractivity contribution is 0.0142. The molecule has 1 saturated carbocycles. The van der Waals surface area contributed by atoms with Crippen LogP contribution in [0.3, 0.4) is 0 Å². The largest absolute Gasteiger partial charge is 0.444 e. The van der Waals surface area contributed by atoms with Crippen LogP contribution in [0.15, 0.2) is 35.2 Å². The zero-order chi connectivity index (χ0) is 21.3. The van der Waals surface area contributed by atoms with Gasteiger partial charge >= 0.3 is 6.09 Å². The number of hydrogen-bond donors (Lipinski definition) is 0. The number of carbonyl (C=O) groups is 2. The van der Waals surface area contributed by atoms with E-state index in [-0.39, 0.29) is 18.0 Å². The lowest BCUT2D eigenvalue weighted by Gasteiger charge is -2.39. The first kappa shape index (κ1) is 20.4. The van der Waals surface area contributed by atoms with Crippen LogP contribution in [0.1, 0.15) is 56.8 Å². The summed E-state index contributed by atoms with van der Waals surface area (Å²) < 4.78 is 10.3. The second-order valence-corrected chi connectivity index (χ2v) is 8.97. The molecule has 2 aromatic rings. The van der Waals surface area contributed by atoms with Crippen LogP contribution in [0.25, 0.3) is 11.4 Å². The van der Waals surface area contributed by atoms with Gasteiger partial charge in [0.15, 0.2) is 0 Å². The van der Waals surface area contributed by atoms with Crippen molar-refractivity contribution < 1.29 is 18.8 Å². The molecule has 0 bridgehead atoms. The van der Waals surface area contributed by atoms with Gasteiger partial charge < -0.3 is 19.1 Å². The molecule has 2 heterocycles. The lowest BCUT2D eigenvalue weighted by Crippen LogP contribution is -2.50. The van der Waals surface area contributed by atoms with Gasteiger partial charge in [-0.05, 0) is 58.6 Å². The zero-order valence-electron chi connectivity index (χ0n) is 17.7. The predicted molar refractivity (Wildman–Crippen MR) is 110 cm³/mol. The average molecular weight is 412 g/mol. The summed E-state index contributed by atoms with van der Waals surface area (Å²) in [6.07, 6.45) is 4.62. The Bertz CT molecular complexity index is 877. The van der Waals surface area contributed by atoms with Crippen molar-refractivity contribution >= 4 is 12.0 Å². The molecule has 0 spiro atoms. The maximum atomic E-state index is 13.3. The molecule has 1 saturated heterocycles. The number of aromatic nitrogens is 2. The van der Waals surface area contributed by atoms with E-state index < -0.39 is 5.60 Å². The highest BCUT2D eigenvalue weighted by Gasteiger charge is 2.39. The van der Waals surface area contributed by atoms with E-state index in [1.807, 2.05) is 49.9 Å². The summed E-state index contributed by atoms with van der Waals surface area (Å²) in [4.78, 5) is 33.4. The number of carbonyl (C=O) groups excluding carboxylic acids is 2. The summed E-state index contributed by atoms with van der Waals surface area (Å²) >= 11 is 0. The third kappa shape index (κ3) is 4.63. The Morgan fingerprint density at radius 1 is 1.07 bits per heavy atom. The van der Waals surface area contributed by atoms with E-state index >= 15 is 0 Å². The minimum atomic E-state index is -0.502. The van der Waals surface area contributed by atoms with E-state index in [0.717, 1.165) is 31.2 Å². The molecule has 160 valence electrons. The molecule has 8 heteroatoms. The number of hydrogen-bond acceptors (Lipinski definition) is 6. The molecule has 2 amide bonds. The molecule has 1 aliphatic carbocycles. The van der Waals surface area contributed by atoms with E-state index in [1.165, 1.54) is 6.39 Å². The Hall–Kier alpha value is -2.90. The molecule has 30 heavy (non-hydrogen) atoms. The highest BCUT2D eigenvalue weighted by Crippen LogP contribution is 2.33. The van der Waals surface area contributed by atoms with Crippen LogP contribution in [0, 0.1) is 0 Å². The van der Waals surface area contributed by atoms with Crippen LogP contribution in [0.5, 0.6) is 0 Å². The number of nitrogens with zero attached hydrogens (tertiary/aromatic N) is 4. The molecule has 0 unspecified atom stereocenters. The molecular weight excluding hydrogens is 384 g/mol. The second kappa shape index (κ2) is 8.08. The van der Waals surface area contributed by atoms with Crippen molar-refractivity contribution in [3.05, 3.63) is 36.2 Å². The maximum absolute atomic E-state index is 13.3. The van der Waals surface area contributed by atoms with Crippen molar-refractivity contribution in [2.45, 2.75) is 64.1 Å². The average Bonchev–Trinajstić information content (AvgIpc) is 3.39. The van der Waals surface area contributed by atoms with Crippen LogP contribution in [0.2, 0.25) is 0 Å². The van der Waals surface area contributed by atoms with Gasteiger partial charge in [-0.25, -0.2) is 4.79 Å². The number of likely N-dealkylation sites (tertiary alicyclic amines) is 1. The summed E-state index contributed by atoms with van der Waals surface area (Å²) in [6.45, 7) is 6.82. The zero-order valence-corrected chi connectivity index (χ0v) is 17.7. The van der Waals surface area contributed by atoms with Gasteiger partial charge in [-0.3, -0.25) is 4.79 Å². The first-order valence-electron chi connectivity index (χ1n) is 10.5. The normalized spacial score (nSPS) is 17.6. The Morgan fingerprint density at radius 2 is 1.70 bits per heavy atom. The first-order chi connectivity index (χ1) is 14.3. The molecule has 1 aliphatic heterocycles. The number of amides is 2. The van der Waals surface area contributed by atoms with E-state index in [0.29, 0.717) is 30.5 Å². The predicted octanol–water partition coefficient (Wildman–Crippen LogP) is 3.74. The molecule has 2 aliphatic rings. The van der Waals surface area contributed by atoms with Crippen molar-refractivity contribution in [3.8, 4) is 11.4 Å². The Balaban J connectivity index is 1.41. The summed E-state index contributed by atoms with van der Waals surface area (Å²) in [5.41, 5.74) is 0.963. The molecule has 8 nitrogen and oxygen atoms in total. The molecule has 0 N–H and O–H groups in total. The maximum Gasteiger partial charge on any atom is 0.410 e. The fourth-order valence-corrected chi connectivity index (χ4v) is 3.84. The van der Waals surface area contributed by atoms with Crippen LogP contribution in [-0.2, 0) is 4.74 Å². The van der Waals surface area contributed by atoms with Gasteiger partial charge in [0.05, 0.1) is 0 Å². The molecule has 4 rings (SSSR count). The molecule has 0 radical (unpaired) electrons. The minimum Gasteiger partial charge on any atom is -0.444 e.